The van der Waals surface area contributed by atoms with Crippen LogP contribution in [0.2, 0.25) is 0 Å². The predicted molar refractivity (Wildman–Crippen MR) is 141 cm³/mol. The molecule has 0 saturated heterocycles. The van der Waals surface area contributed by atoms with Crippen molar-refractivity contribution in [3.05, 3.63) is 48.3 Å². The largest absolute Gasteiger partial charge is 0.356 e. The molecule has 0 amide bonds. The van der Waals surface area contributed by atoms with Crippen molar-refractivity contribution in [3.8, 4) is 0 Å². The van der Waals surface area contributed by atoms with Crippen molar-refractivity contribution in [2.24, 2.45) is 0 Å². The van der Waals surface area contributed by atoms with Gasteiger partial charge in [-0.05, 0) is 24.8 Å². The lowest BCUT2D eigenvalue weighted by atomic mass is 10.1. The van der Waals surface area contributed by atoms with Crippen LogP contribution in [-0.4, -0.2) is 22.5 Å². The lowest BCUT2D eigenvalue weighted by Gasteiger charge is -2.33. The fourth-order valence-corrected chi connectivity index (χ4v) is 4.96. The molecule has 1 aliphatic heterocycles. The second-order valence-electron chi connectivity index (χ2n) is 9.91. The van der Waals surface area contributed by atoms with E-state index in [0.29, 0.717) is 6.17 Å². The smallest absolute Gasteiger partial charge is 0.101 e. The summed E-state index contributed by atoms with van der Waals surface area (Å²) in [5, 5.41) is 0. The Hall–Kier alpha value is -1.44. The minimum absolute atomic E-state index is 0.555. The molecule has 0 saturated carbocycles. The summed E-state index contributed by atoms with van der Waals surface area (Å²) in [6.07, 6.45) is 29.1. The van der Waals surface area contributed by atoms with E-state index in [1.54, 1.807) is 0 Å². The van der Waals surface area contributed by atoms with Crippen molar-refractivity contribution < 1.29 is 0 Å². The van der Waals surface area contributed by atoms with Crippen LogP contribution in [0.15, 0.2) is 42.7 Å². The molecule has 0 aromatic heterocycles. The normalized spacial score (nSPS) is 15.8. The molecular formula is C30H52N2. The summed E-state index contributed by atoms with van der Waals surface area (Å²) in [4.78, 5) is 5.20. The van der Waals surface area contributed by atoms with Crippen LogP contribution >= 0.6 is 0 Å². The van der Waals surface area contributed by atoms with Crippen LogP contribution in [0.25, 0.3) is 0 Å². The molecule has 1 atom stereocenters. The third kappa shape index (κ3) is 11.4. The quantitative estimate of drug-likeness (QED) is 0.186. The number of hydrogen-bond acceptors (Lipinski definition) is 2. The lowest BCUT2D eigenvalue weighted by Crippen LogP contribution is -2.38. The molecule has 32 heavy (non-hydrogen) atoms. The first-order valence-electron chi connectivity index (χ1n) is 14.1. The summed E-state index contributed by atoms with van der Waals surface area (Å²) in [7, 11) is 0. The molecular weight excluding hydrogens is 388 g/mol. The summed E-state index contributed by atoms with van der Waals surface area (Å²) >= 11 is 0. The molecule has 0 fully saturated rings. The van der Waals surface area contributed by atoms with E-state index >= 15 is 0 Å². The molecule has 2 rings (SSSR count). The first kappa shape index (κ1) is 26.8. The van der Waals surface area contributed by atoms with Crippen molar-refractivity contribution in [1.29, 1.82) is 0 Å². The van der Waals surface area contributed by atoms with Gasteiger partial charge in [0.2, 0.25) is 0 Å². The minimum Gasteiger partial charge on any atom is -0.356 e. The van der Waals surface area contributed by atoms with Crippen molar-refractivity contribution in [2.45, 2.75) is 136 Å². The van der Waals surface area contributed by atoms with Gasteiger partial charge in [-0.1, -0.05) is 134 Å². The fourth-order valence-electron chi connectivity index (χ4n) is 4.96. The van der Waals surface area contributed by atoms with Gasteiger partial charge in [-0.25, -0.2) is 0 Å². The van der Waals surface area contributed by atoms with Crippen LogP contribution in [0.1, 0.15) is 129 Å². The van der Waals surface area contributed by atoms with Crippen LogP contribution in [0, 0.1) is 0 Å². The van der Waals surface area contributed by atoms with Crippen molar-refractivity contribution in [3.63, 3.8) is 0 Å². The maximum Gasteiger partial charge on any atom is 0.101 e. The van der Waals surface area contributed by atoms with E-state index in [2.05, 4.69) is 66.4 Å². The monoisotopic (exact) mass is 440 g/mol. The minimum atomic E-state index is 0.555. The van der Waals surface area contributed by atoms with Gasteiger partial charge >= 0.3 is 0 Å². The first-order chi connectivity index (χ1) is 15.8. The second kappa shape index (κ2) is 18.0. The zero-order valence-corrected chi connectivity index (χ0v) is 21.4. The van der Waals surface area contributed by atoms with Crippen molar-refractivity contribution in [1.82, 2.24) is 9.80 Å². The van der Waals surface area contributed by atoms with Gasteiger partial charge in [0.25, 0.3) is 0 Å². The molecule has 1 unspecified atom stereocenters. The first-order valence-corrected chi connectivity index (χ1v) is 14.1. The van der Waals surface area contributed by atoms with Gasteiger partial charge in [0.05, 0.1) is 0 Å². The Kier molecular flexibility index (Phi) is 15.1. The molecule has 1 heterocycles. The van der Waals surface area contributed by atoms with Crippen LogP contribution in [0.5, 0.6) is 0 Å². The highest BCUT2D eigenvalue weighted by Gasteiger charge is 2.25. The molecule has 0 radical (unpaired) electrons. The van der Waals surface area contributed by atoms with Crippen molar-refractivity contribution in [2.75, 3.05) is 6.54 Å². The molecule has 1 aliphatic rings. The Morgan fingerprint density at radius 1 is 0.562 bits per heavy atom. The Bertz CT molecular complexity index is 567. The SMILES string of the molecule is CCCCCCCCCCCCCCN1C=CN(Cc2ccccc2)C1CCCCCC. The Morgan fingerprint density at radius 2 is 1.06 bits per heavy atom. The maximum atomic E-state index is 2.63. The molecule has 0 aliphatic carbocycles. The van der Waals surface area contributed by atoms with Gasteiger partial charge in [0.1, 0.15) is 6.17 Å². The summed E-state index contributed by atoms with van der Waals surface area (Å²) in [5.74, 6) is 0. The van der Waals surface area contributed by atoms with Crippen LogP contribution in [0.4, 0.5) is 0 Å². The van der Waals surface area contributed by atoms with E-state index in [9.17, 15) is 0 Å². The summed E-state index contributed by atoms with van der Waals surface area (Å²) < 4.78 is 0. The van der Waals surface area contributed by atoms with E-state index < -0.39 is 0 Å². The average Bonchev–Trinajstić information content (AvgIpc) is 3.19. The predicted octanol–water partition coefficient (Wildman–Crippen LogP) is 9.27. The Balaban J connectivity index is 1.61. The lowest BCUT2D eigenvalue weighted by molar-refractivity contribution is 0.132. The van der Waals surface area contributed by atoms with Crippen molar-refractivity contribution >= 4 is 0 Å². The number of hydrogen-bond donors (Lipinski definition) is 0. The summed E-state index contributed by atoms with van der Waals surface area (Å²) in [5.41, 5.74) is 1.42. The summed E-state index contributed by atoms with van der Waals surface area (Å²) in [6.45, 7) is 6.86. The number of nitrogens with zero attached hydrogens (tertiary/aromatic N) is 2. The van der Waals surface area contributed by atoms with E-state index in [0.717, 1.165) is 6.54 Å². The highest BCUT2D eigenvalue weighted by atomic mass is 15.4. The highest BCUT2D eigenvalue weighted by molar-refractivity contribution is 5.15. The zero-order chi connectivity index (χ0) is 22.7. The van der Waals surface area contributed by atoms with Crippen LogP contribution in [0.3, 0.4) is 0 Å². The average molecular weight is 441 g/mol. The number of unbranched alkanes of at least 4 members (excludes halogenated alkanes) is 14. The molecule has 0 spiro atoms. The standard InChI is InChI=1S/C30H52N2/c1-3-5-7-9-10-11-12-13-14-15-16-21-25-31-26-27-32(28-29-22-18-17-19-23-29)30(31)24-20-8-6-4-2/h17-19,22-23,26-27,30H,3-16,20-21,24-25,28H2,1-2H3. The van der Waals surface area contributed by atoms with E-state index in [1.165, 1.54) is 121 Å². The zero-order valence-electron chi connectivity index (χ0n) is 21.4. The van der Waals surface area contributed by atoms with E-state index in [-0.39, 0.29) is 0 Å². The molecule has 2 nitrogen and oxygen atoms in total. The molecule has 182 valence electrons. The van der Waals surface area contributed by atoms with Gasteiger partial charge < -0.3 is 9.80 Å². The third-order valence-electron chi connectivity index (χ3n) is 7.01. The van der Waals surface area contributed by atoms with Crippen LogP contribution < -0.4 is 0 Å². The second-order valence-corrected chi connectivity index (χ2v) is 9.91. The molecule has 1 aromatic carbocycles. The van der Waals surface area contributed by atoms with E-state index in [1.807, 2.05) is 0 Å². The fraction of sp³-hybridized carbons (Fsp3) is 0.733. The molecule has 2 heteroatoms. The van der Waals surface area contributed by atoms with Gasteiger partial charge in [-0.3, -0.25) is 0 Å². The number of rotatable bonds is 20. The number of benzene rings is 1. The van der Waals surface area contributed by atoms with Gasteiger partial charge in [0.15, 0.2) is 0 Å². The summed E-state index contributed by atoms with van der Waals surface area (Å²) in [6, 6.07) is 11.0. The maximum absolute atomic E-state index is 2.63. The van der Waals surface area contributed by atoms with E-state index in [4.69, 9.17) is 0 Å². The third-order valence-corrected chi connectivity index (χ3v) is 7.01. The molecule has 0 N–H and O–H groups in total. The van der Waals surface area contributed by atoms with Gasteiger partial charge in [-0.15, -0.1) is 0 Å². The van der Waals surface area contributed by atoms with Crippen LogP contribution in [-0.2, 0) is 6.54 Å². The molecule has 0 bridgehead atoms. The highest BCUT2D eigenvalue weighted by Crippen LogP contribution is 2.24. The Morgan fingerprint density at radius 3 is 1.66 bits per heavy atom. The van der Waals surface area contributed by atoms with Gasteiger partial charge in [-0.2, -0.15) is 0 Å². The molecule has 1 aromatic rings. The topological polar surface area (TPSA) is 6.48 Å². The van der Waals surface area contributed by atoms with Gasteiger partial charge in [0, 0.05) is 25.5 Å². The Labute approximate surface area is 200 Å².